The SMILES string of the molecule is CCOc1ccc(CCNC(=NC)NCCCN(C)C)cc1OCC. The monoisotopic (exact) mass is 350 g/mol. The average molecular weight is 351 g/mol. The molecule has 6 nitrogen and oxygen atoms in total. The molecule has 0 aliphatic rings. The first-order chi connectivity index (χ1) is 12.1. The summed E-state index contributed by atoms with van der Waals surface area (Å²) in [5, 5.41) is 6.69. The Morgan fingerprint density at radius 2 is 1.72 bits per heavy atom. The van der Waals surface area contributed by atoms with E-state index in [0.717, 1.165) is 49.9 Å². The van der Waals surface area contributed by atoms with Crippen LogP contribution in [0.15, 0.2) is 23.2 Å². The second-order valence-corrected chi connectivity index (χ2v) is 5.98. The summed E-state index contributed by atoms with van der Waals surface area (Å²) < 4.78 is 11.3. The fraction of sp³-hybridized carbons (Fsp3) is 0.632. The van der Waals surface area contributed by atoms with Gasteiger partial charge in [-0.2, -0.15) is 0 Å². The zero-order valence-electron chi connectivity index (χ0n) is 16.4. The summed E-state index contributed by atoms with van der Waals surface area (Å²) in [5.41, 5.74) is 1.21. The maximum atomic E-state index is 5.68. The number of ether oxygens (including phenoxy) is 2. The molecule has 0 aromatic heterocycles. The van der Waals surface area contributed by atoms with E-state index >= 15 is 0 Å². The van der Waals surface area contributed by atoms with Crippen LogP contribution < -0.4 is 20.1 Å². The summed E-state index contributed by atoms with van der Waals surface area (Å²) in [7, 11) is 5.96. The molecule has 0 fully saturated rings. The molecule has 0 spiro atoms. The van der Waals surface area contributed by atoms with Crippen molar-refractivity contribution in [3.05, 3.63) is 23.8 Å². The standard InChI is InChI=1S/C19H34N4O2/c1-6-24-17-10-9-16(15-18(17)25-7-2)11-13-22-19(20-3)21-12-8-14-23(4)5/h9-10,15H,6-8,11-14H2,1-5H3,(H2,20,21,22). The van der Waals surface area contributed by atoms with Gasteiger partial charge in [0.2, 0.25) is 0 Å². The molecule has 0 heterocycles. The van der Waals surface area contributed by atoms with Crippen LogP contribution in [0.4, 0.5) is 0 Å². The van der Waals surface area contributed by atoms with E-state index in [9.17, 15) is 0 Å². The Labute approximate surface area is 152 Å². The number of nitrogens with one attached hydrogen (secondary N) is 2. The van der Waals surface area contributed by atoms with Crippen LogP contribution in [-0.4, -0.2) is 64.9 Å². The van der Waals surface area contributed by atoms with Crippen molar-refractivity contribution in [2.24, 2.45) is 4.99 Å². The Morgan fingerprint density at radius 1 is 1.04 bits per heavy atom. The lowest BCUT2D eigenvalue weighted by atomic mass is 10.1. The summed E-state index contributed by atoms with van der Waals surface area (Å²) in [6.07, 6.45) is 1.98. The summed E-state index contributed by atoms with van der Waals surface area (Å²) >= 11 is 0. The van der Waals surface area contributed by atoms with Gasteiger partial charge >= 0.3 is 0 Å². The maximum absolute atomic E-state index is 5.68. The lowest BCUT2D eigenvalue weighted by Crippen LogP contribution is -2.39. The molecule has 6 heteroatoms. The molecule has 25 heavy (non-hydrogen) atoms. The molecule has 0 unspecified atom stereocenters. The molecule has 0 bridgehead atoms. The largest absolute Gasteiger partial charge is 0.490 e. The van der Waals surface area contributed by atoms with Gasteiger partial charge in [-0.3, -0.25) is 4.99 Å². The highest BCUT2D eigenvalue weighted by Crippen LogP contribution is 2.28. The third-order valence-corrected chi connectivity index (χ3v) is 3.61. The minimum Gasteiger partial charge on any atom is -0.490 e. The van der Waals surface area contributed by atoms with E-state index in [2.05, 4.69) is 46.8 Å². The number of guanidine groups is 1. The van der Waals surface area contributed by atoms with E-state index < -0.39 is 0 Å². The first-order valence-corrected chi connectivity index (χ1v) is 9.08. The van der Waals surface area contributed by atoms with Crippen molar-refractivity contribution in [3.8, 4) is 11.5 Å². The highest BCUT2D eigenvalue weighted by Gasteiger charge is 2.06. The van der Waals surface area contributed by atoms with Gasteiger partial charge in [-0.15, -0.1) is 0 Å². The second-order valence-electron chi connectivity index (χ2n) is 5.98. The molecule has 1 aromatic rings. The summed E-state index contributed by atoms with van der Waals surface area (Å²) in [5.74, 6) is 2.46. The molecule has 0 atom stereocenters. The number of aliphatic imine (C=N–C) groups is 1. The number of hydrogen-bond acceptors (Lipinski definition) is 4. The van der Waals surface area contributed by atoms with Crippen LogP contribution in [0.3, 0.4) is 0 Å². The lowest BCUT2D eigenvalue weighted by molar-refractivity contribution is 0.287. The van der Waals surface area contributed by atoms with E-state index in [1.165, 1.54) is 5.56 Å². The van der Waals surface area contributed by atoms with Gasteiger partial charge < -0.3 is 25.0 Å². The third kappa shape index (κ3) is 8.63. The van der Waals surface area contributed by atoms with Crippen molar-refractivity contribution in [2.75, 3.05) is 54.0 Å². The van der Waals surface area contributed by atoms with Crippen LogP contribution in [0.2, 0.25) is 0 Å². The van der Waals surface area contributed by atoms with Gasteiger partial charge in [0.25, 0.3) is 0 Å². The van der Waals surface area contributed by atoms with Crippen LogP contribution in [0.1, 0.15) is 25.8 Å². The van der Waals surface area contributed by atoms with Crippen LogP contribution in [0, 0.1) is 0 Å². The van der Waals surface area contributed by atoms with E-state index in [0.29, 0.717) is 13.2 Å². The fourth-order valence-corrected chi connectivity index (χ4v) is 2.40. The van der Waals surface area contributed by atoms with Crippen LogP contribution in [0.5, 0.6) is 11.5 Å². The first kappa shape index (κ1) is 21.1. The van der Waals surface area contributed by atoms with Crippen molar-refractivity contribution >= 4 is 5.96 Å². The topological polar surface area (TPSA) is 58.1 Å². The Hall–Kier alpha value is -1.95. The zero-order valence-corrected chi connectivity index (χ0v) is 16.4. The molecular weight excluding hydrogens is 316 g/mol. The predicted octanol–water partition coefficient (Wildman–Crippen LogP) is 2.14. The van der Waals surface area contributed by atoms with Gasteiger partial charge in [0.05, 0.1) is 13.2 Å². The summed E-state index contributed by atoms with van der Waals surface area (Å²) in [6, 6.07) is 6.13. The van der Waals surface area contributed by atoms with Crippen molar-refractivity contribution in [1.82, 2.24) is 15.5 Å². The Balaban J connectivity index is 2.44. The molecule has 1 aromatic carbocycles. The number of rotatable bonds is 11. The molecule has 0 radical (unpaired) electrons. The number of hydrogen-bond donors (Lipinski definition) is 2. The molecule has 1 rings (SSSR count). The van der Waals surface area contributed by atoms with Gasteiger partial charge in [-0.25, -0.2) is 0 Å². The Morgan fingerprint density at radius 3 is 2.36 bits per heavy atom. The maximum Gasteiger partial charge on any atom is 0.190 e. The first-order valence-electron chi connectivity index (χ1n) is 9.08. The molecule has 0 saturated heterocycles. The van der Waals surface area contributed by atoms with Gasteiger partial charge in [-0.05, 0) is 65.0 Å². The normalized spacial score (nSPS) is 11.5. The molecule has 0 amide bonds. The van der Waals surface area contributed by atoms with Crippen molar-refractivity contribution < 1.29 is 9.47 Å². The van der Waals surface area contributed by atoms with E-state index in [1.807, 2.05) is 19.9 Å². The molecule has 0 aliphatic heterocycles. The smallest absolute Gasteiger partial charge is 0.190 e. The van der Waals surface area contributed by atoms with Gasteiger partial charge in [0.15, 0.2) is 17.5 Å². The summed E-state index contributed by atoms with van der Waals surface area (Å²) in [6.45, 7) is 8.02. The van der Waals surface area contributed by atoms with E-state index in [1.54, 1.807) is 7.05 Å². The zero-order chi connectivity index (χ0) is 18.5. The van der Waals surface area contributed by atoms with Crippen molar-refractivity contribution in [1.29, 1.82) is 0 Å². The van der Waals surface area contributed by atoms with E-state index in [4.69, 9.17) is 9.47 Å². The summed E-state index contributed by atoms with van der Waals surface area (Å²) in [4.78, 5) is 6.44. The highest BCUT2D eigenvalue weighted by molar-refractivity contribution is 5.79. The molecule has 0 saturated carbocycles. The quantitative estimate of drug-likeness (QED) is 0.364. The Kier molecular flexibility index (Phi) is 10.5. The van der Waals surface area contributed by atoms with Crippen LogP contribution in [-0.2, 0) is 6.42 Å². The van der Waals surface area contributed by atoms with Gasteiger partial charge in [0, 0.05) is 20.1 Å². The minimum atomic E-state index is 0.630. The fourth-order valence-electron chi connectivity index (χ4n) is 2.40. The lowest BCUT2D eigenvalue weighted by Gasteiger charge is -2.14. The Bertz CT molecular complexity index is 518. The average Bonchev–Trinajstić information content (AvgIpc) is 2.59. The van der Waals surface area contributed by atoms with Gasteiger partial charge in [0.1, 0.15) is 0 Å². The van der Waals surface area contributed by atoms with E-state index in [-0.39, 0.29) is 0 Å². The minimum absolute atomic E-state index is 0.630. The van der Waals surface area contributed by atoms with Gasteiger partial charge in [-0.1, -0.05) is 6.07 Å². The van der Waals surface area contributed by atoms with Crippen molar-refractivity contribution in [2.45, 2.75) is 26.7 Å². The second kappa shape index (κ2) is 12.4. The third-order valence-electron chi connectivity index (χ3n) is 3.61. The van der Waals surface area contributed by atoms with Crippen LogP contribution in [0.25, 0.3) is 0 Å². The molecule has 2 N–H and O–H groups in total. The molecule has 0 aliphatic carbocycles. The predicted molar refractivity (Wildman–Crippen MR) is 105 cm³/mol. The van der Waals surface area contributed by atoms with Crippen LogP contribution >= 0.6 is 0 Å². The highest BCUT2D eigenvalue weighted by atomic mass is 16.5. The molecular formula is C19H34N4O2. The van der Waals surface area contributed by atoms with Crippen molar-refractivity contribution in [3.63, 3.8) is 0 Å². The number of nitrogens with zero attached hydrogens (tertiary/aromatic N) is 2. The molecule has 142 valence electrons. The number of benzene rings is 1.